The minimum Gasteiger partial charge on any atom is -0.495 e. The second-order valence-electron chi connectivity index (χ2n) is 7.25. The third kappa shape index (κ3) is 4.72. The van der Waals surface area contributed by atoms with Crippen molar-refractivity contribution < 1.29 is 22.5 Å². The zero-order valence-corrected chi connectivity index (χ0v) is 18.9. The van der Waals surface area contributed by atoms with Crippen LogP contribution in [0, 0.1) is 27.7 Å². The van der Waals surface area contributed by atoms with Crippen LogP contribution in [0.15, 0.2) is 51.9 Å². The van der Waals surface area contributed by atoms with Gasteiger partial charge in [-0.3, -0.25) is 9.10 Å². The quantitative estimate of drug-likeness (QED) is 0.597. The van der Waals surface area contributed by atoms with Crippen molar-refractivity contribution >= 4 is 27.3 Å². The van der Waals surface area contributed by atoms with E-state index in [9.17, 15) is 13.2 Å². The summed E-state index contributed by atoms with van der Waals surface area (Å²) in [6.07, 6.45) is 0. The van der Waals surface area contributed by atoms with Gasteiger partial charge in [0.05, 0.1) is 18.5 Å². The molecule has 1 N–H and O–H groups in total. The Morgan fingerprint density at radius 1 is 1.06 bits per heavy atom. The number of ether oxygens (including phenoxy) is 1. The van der Waals surface area contributed by atoms with Gasteiger partial charge in [0.25, 0.3) is 10.0 Å². The topological polar surface area (TPSA) is 102 Å². The lowest BCUT2D eigenvalue weighted by atomic mass is 10.2. The van der Waals surface area contributed by atoms with Crippen molar-refractivity contribution in [3.8, 4) is 5.75 Å². The van der Waals surface area contributed by atoms with Crippen LogP contribution in [-0.4, -0.2) is 33.1 Å². The highest BCUT2D eigenvalue weighted by Crippen LogP contribution is 2.29. The van der Waals surface area contributed by atoms with E-state index in [1.54, 1.807) is 43.3 Å². The van der Waals surface area contributed by atoms with E-state index in [1.807, 2.05) is 19.9 Å². The molecule has 0 saturated carbocycles. The first kappa shape index (κ1) is 22.4. The Bertz CT molecular complexity index is 1180. The average molecular weight is 444 g/mol. The molecule has 0 bridgehead atoms. The van der Waals surface area contributed by atoms with Gasteiger partial charge in [-0.2, -0.15) is 0 Å². The van der Waals surface area contributed by atoms with E-state index in [0.29, 0.717) is 17.1 Å². The molecule has 0 aliphatic carbocycles. The van der Waals surface area contributed by atoms with Crippen molar-refractivity contribution in [2.24, 2.45) is 0 Å². The minimum atomic E-state index is -4.11. The molecule has 9 heteroatoms. The number of methoxy groups -OCH3 is 1. The van der Waals surface area contributed by atoms with Gasteiger partial charge < -0.3 is 14.6 Å². The largest absolute Gasteiger partial charge is 0.495 e. The third-order valence-corrected chi connectivity index (χ3v) is 6.77. The maximum absolute atomic E-state index is 13.5. The van der Waals surface area contributed by atoms with Crippen LogP contribution in [0.1, 0.15) is 22.6 Å². The van der Waals surface area contributed by atoms with Crippen molar-refractivity contribution in [1.29, 1.82) is 0 Å². The number of amides is 1. The number of nitrogens with one attached hydrogen (secondary N) is 1. The summed E-state index contributed by atoms with van der Waals surface area (Å²) in [7, 11) is -2.61. The van der Waals surface area contributed by atoms with Crippen LogP contribution >= 0.6 is 0 Å². The molecule has 0 atom stereocenters. The number of anilines is 2. The van der Waals surface area contributed by atoms with Gasteiger partial charge in [-0.15, -0.1) is 0 Å². The highest BCUT2D eigenvalue weighted by atomic mass is 32.2. The van der Waals surface area contributed by atoms with Gasteiger partial charge in [-0.1, -0.05) is 28.9 Å². The van der Waals surface area contributed by atoms with Gasteiger partial charge in [-0.25, -0.2) is 8.42 Å². The van der Waals surface area contributed by atoms with E-state index in [4.69, 9.17) is 9.26 Å². The molecule has 8 nitrogen and oxygen atoms in total. The molecular weight excluding hydrogens is 418 g/mol. The molecule has 0 aliphatic rings. The van der Waals surface area contributed by atoms with Gasteiger partial charge in [0.15, 0.2) is 10.7 Å². The molecule has 3 rings (SSSR count). The first-order valence-electron chi connectivity index (χ1n) is 9.60. The molecular formula is C22H25N3O5S. The lowest BCUT2D eigenvalue weighted by Crippen LogP contribution is -2.38. The van der Waals surface area contributed by atoms with E-state index in [2.05, 4.69) is 10.5 Å². The molecule has 0 radical (unpaired) electrons. The fraction of sp³-hybridized carbons (Fsp3) is 0.273. The number of rotatable bonds is 7. The predicted molar refractivity (Wildman–Crippen MR) is 118 cm³/mol. The van der Waals surface area contributed by atoms with Gasteiger partial charge in [0, 0.05) is 0 Å². The zero-order valence-electron chi connectivity index (χ0n) is 18.1. The molecule has 1 heterocycles. The number of aryl methyl sites for hydroxylation is 4. The van der Waals surface area contributed by atoms with E-state index in [1.165, 1.54) is 14.0 Å². The maximum Gasteiger partial charge on any atom is 0.270 e. The SMILES string of the molecule is COc1ccc(C)cc1NC(=O)CN(c1ccc(C)cc1)S(=O)(=O)c1c(C)noc1C. The zero-order chi connectivity index (χ0) is 22.8. The first-order valence-corrected chi connectivity index (χ1v) is 11.0. The summed E-state index contributed by atoms with van der Waals surface area (Å²) in [6, 6.07) is 12.2. The van der Waals surface area contributed by atoms with Crippen LogP contribution in [0.4, 0.5) is 11.4 Å². The van der Waals surface area contributed by atoms with Crippen LogP contribution in [0.3, 0.4) is 0 Å². The Morgan fingerprint density at radius 2 is 1.71 bits per heavy atom. The molecule has 3 aromatic rings. The summed E-state index contributed by atoms with van der Waals surface area (Å²) in [4.78, 5) is 12.9. The van der Waals surface area contributed by atoms with Crippen LogP contribution in [0.25, 0.3) is 0 Å². The predicted octanol–water partition coefficient (Wildman–Crippen LogP) is 3.75. The molecule has 31 heavy (non-hydrogen) atoms. The van der Waals surface area contributed by atoms with Gasteiger partial charge in [0.2, 0.25) is 5.91 Å². The highest BCUT2D eigenvalue weighted by Gasteiger charge is 2.33. The summed E-state index contributed by atoms with van der Waals surface area (Å²) < 4.78 is 38.4. The molecule has 1 aromatic heterocycles. The number of sulfonamides is 1. The van der Waals surface area contributed by atoms with Crippen molar-refractivity contribution in [3.05, 3.63) is 65.0 Å². The second-order valence-corrected chi connectivity index (χ2v) is 9.05. The Hall–Kier alpha value is -3.33. The van der Waals surface area contributed by atoms with E-state index in [-0.39, 0.29) is 16.3 Å². The fourth-order valence-electron chi connectivity index (χ4n) is 3.22. The Morgan fingerprint density at radius 3 is 2.29 bits per heavy atom. The maximum atomic E-state index is 13.5. The number of hydrogen-bond acceptors (Lipinski definition) is 6. The number of aromatic nitrogens is 1. The number of benzene rings is 2. The number of carbonyl (C=O) groups excluding carboxylic acids is 1. The summed E-state index contributed by atoms with van der Waals surface area (Å²) in [5, 5.41) is 6.51. The lowest BCUT2D eigenvalue weighted by Gasteiger charge is -2.24. The second kappa shape index (κ2) is 8.81. The summed E-state index contributed by atoms with van der Waals surface area (Å²) in [6.45, 7) is 6.42. The summed E-state index contributed by atoms with van der Waals surface area (Å²) >= 11 is 0. The van der Waals surface area contributed by atoms with Crippen LogP contribution in [-0.2, 0) is 14.8 Å². The molecule has 0 fully saturated rings. The summed E-state index contributed by atoms with van der Waals surface area (Å²) in [5.74, 6) is 0.129. The van der Waals surface area contributed by atoms with Crippen molar-refractivity contribution in [2.45, 2.75) is 32.6 Å². The summed E-state index contributed by atoms with van der Waals surface area (Å²) in [5.41, 5.74) is 2.95. The van der Waals surface area contributed by atoms with E-state index < -0.39 is 22.5 Å². The van der Waals surface area contributed by atoms with Crippen LogP contribution in [0.5, 0.6) is 5.75 Å². The average Bonchev–Trinajstić information content (AvgIpc) is 3.06. The molecule has 1 amide bonds. The number of hydrogen-bond donors (Lipinski definition) is 1. The van der Waals surface area contributed by atoms with Crippen molar-refractivity contribution in [3.63, 3.8) is 0 Å². The number of nitrogens with zero attached hydrogens (tertiary/aromatic N) is 2. The minimum absolute atomic E-state index is 0.0472. The fourth-order valence-corrected chi connectivity index (χ4v) is 4.94. The third-order valence-electron chi connectivity index (χ3n) is 4.75. The first-order chi connectivity index (χ1) is 14.6. The normalized spacial score (nSPS) is 11.3. The van der Waals surface area contributed by atoms with Crippen molar-refractivity contribution in [1.82, 2.24) is 5.16 Å². The van der Waals surface area contributed by atoms with Gasteiger partial charge in [0.1, 0.15) is 18.0 Å². The van der Waals surface area contributed by atoms with E-state index >= 15 is 0 Å². The molecule has 2 aromatic carbocycles. The Kier molecular flexibility index (Phi) is 6.35. The van der Waals surface area contributed by atoms with Gasteiger partial charge in [-0.05, 0) is 57.5 Å². The van der Waals surface area contributed by atoms with Crippen molar-refractivity contribution in [2.75, 3.05) is 23.3 Å². The van der Waals surface area contributed by atoms with Crippen LogP contribution < -0.4 is 14.4 Å². The lowest BCUT2D eigenvalue weighted by molar-refractivity contribution is -0.114. The Balaban J connectivity index is 1.99. The van der Waals surface area contributed by atoms with E-state index in [0.717, 1.165) is 15.4 Å². The monoisotopic (exact) mass is 443 g/mol. The smallest absolute Gasteiger partial charge is 0.270 e. The molecule has 0 spiro atoms. The molecule has 0 aliphatic heterocycles. The molecule has 0 saturated heterocycles. The van der Waals surface area contributed by atoms with Gasteiger partial charge >= 0.3 is 0 Å². The molecule has 164 valence electrons. The van der Waals surface area contributed by atoms with Crippen LogP contribution in [0.2, 0.25) is 0 Å². The number of carbonyl (C=O) groups is 1. The standard InChI is InChI=1S/C22H25N3O5S/c1-14-6-9-18(10-7-14)25(31(27,28)22-16(3)24-30-17(22)4)13-21(26)23-19-12-15(2)8-11-20(19)29-5/h6-12H,13H2,1-5H3,(H,23,26). The highest BCUT2D eigenvalue weighted by molar-refractivity contribution is 7.93. The molecule has 0 unspecified atom stereocenters. The Labute approximate surface area is 181 Å².